The molecule has 0 saturated carbocycles. The van der Waals surface area contributed by atoms with Crippen molar-refractivity contribution in [3.8, 4) is 22.6 Å². The lowest BCUT2D eigenvalue weighted by atomic mass is 9.89. The summed E-state index contributed by atoms with van der Waals surface area (Å²) in [5, 5.41) is 0.774. The van der Waals surface area contributed by atoms with Crippen molar-refractivity contribution < 1.29 is 9.13 Å². The number of nitrogens with one attached hydrogen (secondary N) is 1. The van der Waals surface area contributed by atoms with E-state index in [9.17, 15) is 0 Å². The maximum absolute atomic E-state index is 15.2. The molecule has 4 heterocycles. The van der Waals surface area contributed by atoms with Crippen molar-refractivity contribution in [2.45, 2.75) is 38.6 Å². The van der Waals surface area contributed by atoms with Crippen molar-refractivity contribution in [1.82, 2.24) is 24.8 Å². The molecule has 1 aliphatic heterocycles. The van der Waals surface area contributed by atoms with Crippen molar-refractivity contribution in [2.24, 2.45) is 0 Å². The second-order valence-electron chi connectivity index (χ2n) is 8.95. The van der Waals surface area contributed by atoms with Crippen LogP contribution in [0.3, 0.4) is 0 Å². The van der Waals surface area contributed by atoms with Gasteiger partial charge in [0.2, 0.25) is 5.95 Å². The highest BCUT2D eigenvalue weighted by Gasteiger charge is 2.28. The summed E-state index contributed by atoms with van der Waals surface area (Å²) in [6.45, 7) is 6.26. The van der Waals surface area contributed by atoms with Gasteiger partial charge in [-0.05, 0) is 63.1 Å². The van der Waals surface area contributed by atoms with Gasteiger partial charge in [0, 0.05) is 36.5 Å². The van der Waals surface area contributed by atoms with Gasteiger partial charge in [0.05, 0.1) is 11.1 Å². The van der Waals surface area contributed by atoms with Gasteiger partial charge >= 0.3 is 0 Å². The first kappa shape index (κ1) is 22.1. The summed E-state index contributed by atoms with van der Waals surface area (Å²) in [6.07, 6.45) is 5.39. The van der Waals surface area contributed by atoms with Gasteiger partial charge < -0.3 is 26.1 Å². The number of benzene rings is 1. The molecule has 0 bridgehead atoms. The highest BCUT2D eigenvalue weighted by atomic mass is 19.1. The van der Waals surface area contributed by atoms with Gasteiger partial charge in [0.15, 0.2) is 11.6 Å². The summed E-state index contributed by atoms with van der Waals surface area (Å²) in [4.78, 5) is 18.4. The van der Waals surface area contributed by atoms with Crippen molar-refractivity contribution in [2.75, 3.05) is 24.6 Å². The van der Waals surface area contributed by atoms with E-state index in [-0.39, 0.29) is 23.4 Å². The Hall–Kier alpha value is -3.72. The van der Waals surface area contributed by atoms with Crippen LogP contribution in [0.4, 0.5) is 16.2 Å². The maximum atomic E-state index is 15.2. The van der Waals surface area contributed by atoms with Crippen LogP contribution in [0.2, 0.25) is 0 Å². The average molecular weight is 462 g/mol. The van der Waals surface area contributed by atoms with E-state index in [1.165, 1.54) is 6.07 Å². The Morgan fingerprint density at radius 1 is 1.15 bits per heavy atom. The van der Waals surface area contributed by atoms with Gasteiger partial charge in [-0.2, -0.15) is 4.98 Å². The molecule has 1 saturated heterocycles. The summed E-state index contributed by atoms with van der Waals surface area (Å²) >= 11 is 0. The van der Waals surface area contributed by atoms with E-state index in [0.717, 1.165) is 37.0 Å². The predicted octanol–water partition coefficient (Wildman–Crippen LogP) is 4.70. The molecule has 34 heavy (non-hydrogen) atoms. The van der Waals surface area contributed by atoms with E-state index in [2.05, 4.69) is 38.7 Å². The third-order valence-electron chi connectivity index (χ3n) is 6.41. The second-order valence-corrected chi connectivity index (χ2v) is 8.95. The number of piperidine rings is 1. The number of halogens is 1. The van der Waals surface area contributed by atoms with Crippen molar-refractivity contribution in [1.29, 1.82) is 0 Å². The van der Waals surface area contributed by atoms with Crippen molar-refractivity contribution >= 4 is 22.8 Å². The molecule has 0 amide bonds. The predicted molar refractivity (Wildman–Crippen MR) is 131 cm³/mol. The Bertz CT molecular complexity index is 1340. The molecule has 5 rings (SSSR count). The molecule has 8 nitrogen and oxygen atoms in total. The summed E-state index contributed by atoms with van der Waals surface area (Å²) in [6, 6.07) is 8.78. The number of hydrogen-bond donors (Lipinski definition) is 3. The zero-order chi connectivity index (χ0) is 23.8. The molecule has 1 atom stereocenters. The van der Waals surface area contributed by atoms with Crippen LogP contribution in [-0.2, 0) is 0 Å². The first-order chi connectivity index (χ1) is 16.4. The Labute approximate surface area is 197 Å². The number of aromatic nitrogens is 4. The van der Waals surface area contributed by atoms with Gasteiger partial charge in [-0.3, -0.25) is 0 Å². The molecule has 176 valence electrons. The van der Waals surface area contributed by atoms with E-state index in [0.29, 0.717) is 28.6 Å². The molecule has 5 N–H and O–H groups in total. The Balaban J connectivity index is 1.50. The number of rotatable bonds is 5. The van der Waals surface area contributed by atoms with Crippen LogP contribution >= 0.6 is 0 Å². The molecular formula is C25H28FN7O. The second kappa shape index (κ2) is 8.90. The molecule has 0 spiro atoms. The molecule has 9 heteroatoms. The van der Waals surface area contributed by atoms with E-state index >= 15 is 4.39 Å². The van der Waals surface area contributed by atoms with E-state index < -0.39 is 5.82 Å². The average Bonchev–Trinajstić information content (AvgIpc) is 3.30. The first-order valence-electron chi connectivity index (χ1n) is 11.5. The first-order valence-corrected chi connectivity index (χ1v) is 11.5. The Morgan fingerprint density at radius 2 is 2.00 bits per heavy atom. The minimum Gasteiger partial charge on any atom is -0.453 e. The number of nitrogen functional groups attached to an aromatic ring is 2. The summed E-state index contributed by atoms with van der Waals surface area (Å²) in [5.74, 6) is 0.637. The van der Waals surface area contributed by atoms with Crippen molar-refractivity contribution in [3.63, 3.8) is 0 Å². The standard InChI is InChI=1S/C25H28FN7O/c1-14(2)33-11-3-4-16(13-33)22-21(23(27)32-25(28)31-22)15-5-6-20(18(26)12-15)34-19-8-10-30-24-17(19)7-9-29-24/h5-10,12,14,16H,3-4,11,13H2,1-2H3,(H,29,30)(H4,27,28,31,32). The molecule has 0 radical (unpaired) electrons. The van der Waals surface area contributed by atoms with Gasteiger partial charge in [0.1, 0.15) is 17.2 Å². The highest BCUT2D eigenvalue weighted by Crippen LogP contribution is 2.39. The molecule has 1 aromatic carbocycles. The lowest BCUT2D eigenvalue weighted by molar-refractivity contribution is 0.166. The number of pyridine rings is 1. The van der Waals surface area contributed by atoms with Crippen LogP contribution in [0.25, 0.3) is 22.2 Å². The molecule has 0 aliphatic carbocycles. The summed E-state index contributed by atoms with van der Waals surface area (Å²) in [5.41, 5.74) is 14.9. The fraction of sp³-hybridized carbons (Fsp3) is 0.320. The summed E-state index contributed by atoms with van der Waals surface area (Å²) < 4.78 is 21.1. The van der Waals surface area contributed by atoms with Gasteiger partial charge in [-0.15, -0.1) is 0 Å². The normalized spacial score (nSPS) is 16.9. The van der Waals surface area contributed by atoms with Crippen LogP contribution in [0.1, 0.15) is 38.3 Å². The van der Waals surface area contributed by atoms with Gasteiger partial charge in [-0.25, -0.2) is 14.4 Å². The number of nitrogens with zero attached hydrogens (tertiary/aromatic N) is 4. The zero-order valence-electron chi connectivity index (χ0n) is 19.3. The maximum Gasteiger partial charge on any atom is 0.222 e. The van der Waals surface area contributed by atoms with Crippen LogP contribution in [0, 0.1) is 5.82 Å². The largest absolute Gasteiger partial charge is 0.453 e. The molecule has 3 aromatic heterocycles. The smallest absolute Gasteiger partial charge is 0.222 e. The van der Waals surface area contributed by atoms with E-state index in [1.54, 1.807) is 30.6 Å². The molecular weight excluding hydrogens is 433 g/mol. The zero-order valence-corrected chi connectivity index (χ0v) is 19.3. The van der Waals surface area contributed by atoms with E-state index in [4.69, 9.17) is 16.2 Å². The van der Waals surface area contributed by atoms with Crippen LogP contribution in [0.5, 0.6) is 11.5 Å². The quantitative estimate of drug-likeness (QED) is 0.394. The SMILES string of the molecule is CC(C)N1CCCC(c2nc(N)nc(N)c2-c2ccc(Oc3ccnc4[nH]ccc34)c(F)c2)C1. The van der Waals surface area contributed by atoms with E-state index in [1.807, 2.05) is 6.07 Å². The van der Waals surface area contributed by atoms with Crippen LogP contribution in [0.15, 0.2) is 42.7 Å². The Kier molecular flexibility index (Phi) is 5.79. The number of anilines is 2. The third kappa shape index (κ3) is 4.14. The number of fused-ring (bicyclic) bond motifs is 1. The van der Waals surface area contributed by atoms with Crippen LogP contribution in [-0.4, -0.2) is 44.0 Å². The van der Waals surface area contributed by atoms with Gasteiger partial charge in [-0.1, -0.05) is 6.07 Å². The fourth-order valence-electron chi connectivity index (χ4n) is 4.69. The number of aromatic amines is 1. The number of hydrogen-bond acceptors (Lipinski definition) is 7. The number of likely N-dealkylation sites (tertiary alicyclic amines) is 1. The summed E-state index contributed by atoms with van der Waals surface area (Å²) in [7, 11) is 0. The molecule has 4 aromatic rings. The molecule has 1 aliphatic rings. The topological polar surface area (TPSA) is 119 Å². The number of nitrogens with two attached hydrogens (primary N) is 2. The minimum absolute atomic E-state index is 0.109. The third-order valence-corrected chi connectivity index (χ3v) is 6.41. The van der Waals surface area contributed by atoms with Crippen molar-refractivity contribution in [3.05, 3.63) is 54.2 Å². The fourth-order valence-corrected chi connectivity index (χ4v) is 4.69. The van der Waals surface area contributed by atoms with Gasteiger partial charge in [0.25, 0.3) is 0 Å². The number of ether oxygens (including phenoxy) is 1. The minimum atomic E-state index is -0.507. The monoisotopic (exact) mass is 461 g/mol. The number of H-pyrrole nitrogens is 1. The Morgan fingerprint density at radius 3 is 2.79 bits per heavy atom. The lowest BCUT2D eigenvalue weighted by Gasteiger charge is -2.36. The highest BCUT2D eigenvalue weighted by molar-refractivity contribution is 5.83. The molecule has 1 unspecified atom stereocenters. The van der Waals surface area contributed by atoms with Crippen LogP contribution < -0.4 is 16.2 Å². The lowest BCUT2D eigenvalue weighted by Crippen LogP contribution is -2.39. The molecule has 1 fully saturated rings.